The number of carbonyl (C=O) groups excluding carboxylic acids is 1. The van der Waals surface area contributed by atoms with Gasteiger partial charge < -0.3 is 15.8 Å². The van der Waals surface area contributed by atoms with E-state index in [-0.39, 0.29) is 36.6 Å². The summed E-state index contributed by atoms with van der Waals surface area (Å²) in [4.78, 5) is 11.9. The van der Waals surface area contributed by atoms with Crippen molar-refractivity contribution in [2.45, 2.75) is 71.1 Å². The van der Waals surface area contributed by atoms with Crippen molar-refractivity contribution in [2.24, 2.45) is 11.7 Å². The van der Waals surface area contributed by atoms with E-state index in [1.165, 1.54) is 6.42 Å². The maximum Gasteiger partial charge on any atom is 0.249 e. The summed E-state index contributed by atoms with van der Waals surface area (Å²) < 4.78 is 5.58. The maximum atomic E-state index is 11.9. The van der Waals surface area contributed by atoms with E-state index >= 15 is 0 Å². The lowest BCUT2D eigenvalue weighted by molar-refractivity contribution is -0.132. The van der Waals surface area contributed by atoms with Gasteiger partial charge in [-0.2, -0.15) is 0 Å². The molecular weight excluding hydrogens is 264 g/mol. The van der Waals surface area contributed by atoms with Crippen LogP contribution in [0.15, 0.2) is 0 Å². The van der Waals surface area contributed by atoms with Gasteiger partial charge in [0.05, 0.1) is 6.10 Å². The van der Waals surface area contributed by atoms with Crippen molar-refractivity contribution in [3.63, 3.8) is 0 Å². The molecule has 19 heavy (non-hydrogen) atoms. The highest BCUT2D eigenvalue weighted by atomic mass is 35.5. The van der Waals surface area contributed by atoms with Crippen LogP contribution in [0.25, 0.3) is 0 Å². The summed E-state index contributed by atoms with van der Waals surface area (Å²) in [6.45, 7) is 7.02. The lowest BCUT2D eigenvalue weighted by Gasteiger charge is -2.18. The second-order valence-electron chi connectivity index (χ2n) is 5.79. The molecule has 0 aromatic heterocycles. The second-order valence-corrected chi connectivity index (χ2v) is 5.79. The quantitative estimate of drug-likeness (QED) is 0.756. The molecule has 1 aliphatic rings. The molecule has 4 nitrogen and oxygen atoms in total. The molecule has 5 heteroatoms. The van der Waals surface area contributed by atoms with Crippen molar-refractivity contribution < 1.29 is 9.53 Å². The smallest absolute Gasteiger partial charge is 0.249 e. The Labute approximate surface area is 123 Å². The van der Waals surface area contributed by atoms with Crippen LogP contribution in [0.3, 0.4) is 0 Å². The molecule has 1 aliphatic heterocycles. The van der Waals surface area contributed by atoms with Crippen molar-refractivity contribution >= 4 is 18.3 Å². The van der Waals surface area contributed by atoms with Crippen LogP contribution in [-0.4, -0.2) is 30.7 Å². The molecular formula is C14H29ClN2O2. The fraction of sp³-hybridized carbons (Fsp3) is 0.929. The van der Waals surface area contributed by atoms with Gasteiger partial charge in [-0.25, -0.2) is 0 Å². The number of amides is 1. The Morgan fingerprint density at radius 1 is 1.32 bits per heavy atom. The summed E-state index contributed by atoms with van der Waals surface area (Å²) in [7, 11) is 0. The molecule has 0 radical (unpaired) electrons. The first-order chi connectivity index (χ1) is 8.52. The van der Waals surface area contributed by atoms with Crippen LogP contribution < -0.4 is 11.1 Å². The van der Waals surface area contributed by atoms with E-state index in [1.54, 1.807) is 0 Å². The average Bonchev–Trinajstić information content (AvgIpc) is 2.76. The van der Waals surface area contributed by atoms with E-state index in [0.29, 0.717) is 6.54 Å². The zero-order valence-electron chi connectivity index (χ0n) is 12.4. The number of rotatable bonds is 7. The number of halogens is 1. The highest BCUT2D eigenvalue weighted by Crippen LogP contribution is 2.19. The van der Waals surface area contributed by atoms with Crippen LogP contribution >= 0.6 is 12.4 Å². The van der Waals surface area contributed by atoms with Crippen LogP contribution in [0.4, 0.5) is 0 Å². The first kappa shape index (κ1) is 18.7. The van der Waals surface area contributed by atoms with Crippen LogP contribution in [0, 0.1) is 5.92 Å². The van der Waals surface area contributed by atoms with E-state index in [0.717, 1.165) is 31.6 Å². The molecule has 3 atom stereocenters. The van der Waals surface area contributed by atoms with Gasteiger partial charge in [-0.1, -0.05) is 26.7 Å². The number of hydrogen-bond acceptors (Lipinski definition) is 3. The zero-order chi connectivity index (χ0) is 13.5. The van der Waals surface area contributed by atoms with Gasteiger partial charge in [0.1, 0.15) is 6.10 Å². The van der Waals surface area contributed by atoms with Gasteiger partial charge >= 0.3 is 0 Å². The standard InChI is InChI=1S/C14H28N2O2.ClH/c1-10(2)5-4-6-11(3)16-14(17)13-8-7-12(9-15)18-13;/h10-13H,4-9,15H2,1-3H3,(H,16,17);1H/t11?,12-,13+;/m1./s1. The van der Waals surface area contributed by atoms with Gasteiger partial charge in [0.15, 0.2) is 0 Å². The average molecular weight is 293 g/mol. The van der Waals surface area contributed by atoms with Gasteiger partial charge in [0, 0.05) is 12.6 Å². The third-order valence-corrected chi connectivity index (χ3v) is 3.47. The Morgan fingerprint density at radius 3 is 2.53 bits per heavy atom. The molecule has 1 heterocycles. The molecule has 0 aromatic rings. The molecule has 114 valence electrons. The Morgan fingerprint density at radius 2 is 2.00 bits per heavy atom. The number of hydrogen-bond donors (Lipinski definition) is 2. The largest absolute Gasteiger partial charge is 0.364 e. The van der Waals surface area contributed by atoms with Crippen LogP contribution in [0.5, 0.6) is 0 Å². The Kier molecular flexibility index (Phi) is 9.40. The van der Waals surface area contributed by atoms with E-state index in [4.69, 9.17) is 10.5 Å². The number of carbonyl (C=O) groups is 1. The number of ether oxygens (including phenoxy) is 1. The van der Waals surface area contributed by atoms with Crippen molar-refractivity contribution in [1.29, 1.82) is 0 Å². The lowest BCUT2D eigenvalue weighted by Crippen LogP contribution is -2.40. The second kappa shape index (κ2) is 9.56. The van der Waals surface area contributed by atoms with Crippen molar-refractivity contribution in [1.82, 2.24) is 5.32 Å². The van der Waals surface area contributed by atoms with E-state index in [2.05, 4.69) is 26.1 Å². The van der Waals surface area contributed by atoms with E-state index < -0.39 is 0 Å². The molecule has 1 amide bonds. The normalized spacial score (nSPS) is 24.1. The predicted octanol–water partition coefficient (Wildman–Crippen LogP) is 2.25. The van der Waals surface area contributed by atoms with Crippen LogP contribution in [-0.2, 0) is 9.53 Å². The fourth-order valence-electron chi connectivity index (χ4n) is 2.31. The molecule has 1 unspecified atom stereocenters. The molecule has 0 bridgehead atoms. The number of nitrogens with two attached hydrogens (primary N) is 1. The SMILES string of the molecule is CC(C)CCCC(C)NC(=O)[C@@H]1CC[C@H](CN)O1.Cl. The molecule has 0 spiro atoms. The molecule has 0 aliphatic carbocycles. The lowest BCUT2D eigenvalue weighted by atomic mass is 10.0. The summed E-state index contributed by atoms with van der Waals surface area (Å²) in [5.41, 5.74) is 5.53. The Bertz CT molecular complexity index is 262. The minimum absolute atomic E-state index is 0. The topological polar surface area (TPSA) is 64.4 Å². The molecule has 0 aromatic carbocycles. The molecule has 1 rings (SSSR count). The van der Waals surface area contributed by atoms with Gasteiger partial charge in [-0.05, 0) is 32.1 Å². The number of nitrogens with one attached hydrogen (secondary N) is 1. The summed E-state index contributed by atoms with van der Waals surface area (Å²) in [6.07, 6.45) is 4.90. The van der Waals surface area contributed by atoms with Crippen molar-refractivity contribution in [2.75, 3.05) is 6.54 Å². The summed E-state index contributed by atoms with van der Waals surface area (Å²) in [5.74, 6) is 0.763. The summed E-state index contributed by atoms with van der Waals surface area (Å²) >= 11 is 0. The van der Waals surface area contributed by atoms with Crippen molar-refractivity contribution in [3.8, 4) is 0 Å². The van der Waals surface area contributed by atoms with Gasteiger partial charge in [0.2, 0.25) is 5.91 Å². The minimum Gasteiger partial charge on any atom is -0.364 e. The molecule has 0 saturated carbocycles. The van der Waals surface area contributed by atoms with E-state index in [9.17, 15) is 4.79 Å². The molecule has 1 fully saturated rings. The summed E-state index contributed by atoms with van der Waals surface area (Å²) in [5, 5.41) is 3.04. The Balaban J connectivity index is 0.00000324. The van der Waals surface area contributed by atoms with Crippen LogP contribution in [0.1, 0.15) is 52.9 Å². The molecule has 1 saturated heterocycles. The highest BCUT2D eigenvalue weighted by Gasteiger charge is 2.30. The predicted molar refractivity (Wildman–Crippen MR) is 80.5 cm³/mol. The third-order valence-electron chi connectivity index (χ3n) is 3.47. The monoisotopic (exact) mass is 292 g/mol. The minimum atomic E-state index is -0.286. The third kappa shape index (κ3) is 7.14. The van der Waals surface area contributed by atoms with Gasteiger partial charge in [0.25, 0.3) is 0 Å². The van der Waals surface area contributed by atoms with Crippen molar-refractivity contribution in [3.05, 3.63) is 0 Å². The summed E-state index contributed by atoms with van der Waals surface area (Å²) in [6, 6.07) is 0.233. The Hall–Kier alpha value is -0.320. The molecule has 3 N–H and O–H groups in total. The van der Waals surface area contributed by atoms with Gasteiger partial charge in [-0.3, -0.25) is 4.79 Å². The van der Waals surface area contributed by atoms with Gasteiger partial charge in [-0.15, -0.1) is 12.4 Å². The van der Waals surface area contributed by atoms with Crippen LogP contribution in [0.2, 0.25) is 0 Å². The first-order valence-corrected chi connectivity index (χ1v) is 7.18. The zero-order valence-corrected chi connectivity index (χ0v) is 13.2. The maximum absolute atomic E-state index is 11.9. The highest BCUT2D eigenvalue weighted by molar-refractivity contribution is 5.85. The first-order valence-electron chi connectivity index (χ1n) is 7.18. The van der Waals surface area contributed by atoms with E-state index in [1.807, 2.05) is 0 Å². The fourth-order valence-corrected chi connectivity index (χ4v) is 2.31.